The second-order valence-corrected chi connectivity index (χ2v) is 8.26. The van der Waals surface area contributed by atoms with E-state index in [0.717, 1.165) is 22.6 Å². The zero-order chi connectivity index (χ0) is 22.2. The van der Waals surface area contributed by atoms with Gasteiger partial charge in [-0.3, -0.25) is 4.79 Å². The summed E-state index contributed by atoms with van der Waals surface area (Å²) in [6, 6.07) is 22.5. The summed E-state index contributed by atoms with van der Waals surface area (Å²) in [7, 11) is 0. The molecule has 2 heterocycles. The maximum Gasteiger partial charge on any atom is 0.291 e. The third-order valence-electron chi connectivity index (χ3n) is 5.56. The van der Waals surface area contributed by atoms with Crippen molar-refractivity contribution < 1.29 is 13.9 Å². The Morgan fingerprint density at radius 2 is 1.75 bits per heavy atom. The normalized spacial score (nSPS) is 14.4. The molecule has 2 N–H and O–H groups in total. The topological polar surface area (TPSA) is 63.5 Å². The molecule has 1 unspecified atom stereocenters. The molecule has 0 aliphatic carbocycles. The number of carbonyl (C=O) groups excluding carboxylic acids is 1. The number of aryl methyl sites for hydroxylation is 2. The lowest BCUT2D eigenvalue weighted by Gasteiger charge is -2.13. The monoisotopic (exact) mass is 444 g/mol. The fourth-order valence-corrected chi connectivity index (χ4v) is 3.75. The van der Waals surface area contributed by atoms with Gasteiger partial charge in [0.05, 0.1) is 5.69 Å². The van der Waals surface area contributed by atoms with Crippen LogP contribution in [0.2, 0.25) is 5.02 Å². The van der Waals surface area contributed by atoms with Crippen LogP contribution in [0.1, 0.15) is 33.5 Å². The zero-order valence-electron chi connectivity index (χ0n) is 17.6. The maximum atomic E-state index is 12.7. The minimum absolute atomic E-state index is 0.229. The van der Waals surface area contributed by atoms with Crippen LogP contribution in [0.3, 0.4) is 0 Å². The number of carbonyl (C=O) groups is 1. The number of nitrogens with one attached hydrogen (secondary N) is 2. The van der Waals surface area contributed by atoms with Gasteiger partial charge in [-0.15, -0.1) is 0 Å². The number of amides is 1. The van der Waals surface area contributed by atoms with E-state index in [2.05, 4.69) is 42.7 Å². The summed E-state index contributed by atoms with van der Waals surface area (Å²) in [5.74, 6) is 1.25. The van der Waals surface area contributed by atoms with Crippen molar-refractivity contribution >= 4 is 28.9 Å². The molecule has 1 aliphatic heterocycles. The average molecular weight is 445 g/mol. The standard InChI is InChI=1S/C26H21ClN2O3/c1-15-3-4-18(13-16(15)2)26-29-21-14-20(9-10-23(21)32-26)28-25(30)24-12-11-22(31-24)17-5-7-19(27)8-6-17/h3-14,26,29H,1-2H3,(H,28,30). The van der Waals surface area contributed by atoms with Crippen LogP contribution in [0, 0.1) is 13.8 Å². The summed E-state index contributed by atoms with van der Waals surface area (Å²) >= 11 is 5.93. The molecule has 1 amide bonds. The Bertz CT molecular complexity index is 1310. The van der Waals surface area contributed by atoms with Crippen LogP contribution in [-0.2, 0) is 0 Å². The number of ether oxygens (including phenoxy) is 1. The molecule has 0 fully saturated rings. The van der Waals surface area contributed by atoms with Gasteiger partial charge in [0, 0.05) is 21.8 Å². The SMILES string of the molecule is Cc1ccc(C2Nc3cc(NC(=O)c4ccc(-c5ccc(Cl)cc5)o4)ccc3O2)cc1C. The first-order chi connectivity index (χ1) is 15.5. The van der Waals surface area contributed by atoms with Gasteiger partial charge < -0.3 is 19.8 Å². The minimum atomic E-state index is -0.324. The molecule has 0 spiro atoms. The van der Waals surface area contributed by atoms with Crippen LogP contribution in [0.4, 0.5) is 11.4 Å². The molecule has 0 radical (unpaired) electrons. The summed E-state index contributed by atoms with van der Waals surface area (Å²) in [6.45, 7) is 4.17. The van der Waals surface area contributed by atoms with Crippen molar-refractivity contribution in [3.05, 3.63) is 100 Å². The van der Waals surface area contributed by atoms with E-state index in [0.29, 0.717) is 16.5 Å². The molecule has 0 saturated carbocycles. The molecule has 160 valence electrons. The van der Waals surface area contributed by atoms with E-state index < -0.39 is 0 Å². The van der Waals surface area contributed by atoms with Crippen molar-refractivity contribution in [2.45, 2.75) is 20.1 Å². The molecular formula is C26H21ClN2O3. The third-order valence-corrected chi connectivity index (χ3v) is 5.81. The van der Waals surface area contributed by atoms with E-state index in [-0.39, 0.29) is 17.9 Å². The molecule has 3 aromatic carbocycles. The van der Waals surface area contributed by atoms with Crippen LogP contribution in [0.25, 0.3) is 11.3 Å². The number of fused-ring (bicyclic) bond motifs is 1. The van der Waals surface area contributed by atoms with Gasteiger partial charge in [-0.25, -0.2) is 0 Å². The van der Waals surface area contributed by atoms with E-state index in [1.54, 1.807) is 24.3 Å². The predicted molar refractivity (Wildman–Crippen MR) is 126 cm³/mol. The van der Waals surface area contributed by atoms with Crippen LogP contribution >= 0.6 is 11.6 Å². The predicted octanol–water partition coefficient (Wildman–Crippen LogP) is 6.97. The van der Waals surface area contributed by atoms with E-state index in [1.165, 1.54) is 11.1 Å². The average Bonchev–Trinajstić information content (AvgIpc) is 3.43. The van der Waals surface area contributed by atoms with E-state index >= 15 is 0 Å². The van der Waals surface area contributed by atoms with Crippen molar-refractivity contribution in [3.8, 4) is 17.1 Å². The Morgan fingerprint density at radius 1 is 0.938 bits per heavy atom. The molecule has 6 heteroatoms. The van der Waals surface area contributed by atoms with Crippen LogP contribution in [0.5, 0.6) is 5.75 Å². The molecule has 5 nitrogen and oxygen atoms in total. The summed E-state index contributed by atoms with van der Waals surface area (Å²) < 4.78 is 11.8. The van der Waals surface area contributed by atoms with E-state index in [9.17, 15) is 4.79 Å². The minimum Gasteiger partial charge on any atom is -0.464 e. The van der Waals surface area contributed by atoms with Crippen LogP contribution < -0.4 is 15.4 Å². The van der Waals surface area contributed by atoms with Crippen molar-refractivity contribution in [1.29, 1.82) is 0 Å². The number of furan rings is 1. The number of hydrogen-bond donors (Lipinski definition) is 2. The fraction of sp³-hybridized carbons (Fsp3) is 0.115. The molecule has 1 aromatic heterocycles. The summed E-state index contributed by atoms with van der Waals surface area (Å²) in [5.41, 5.74) is 5.84. The Morgan fingerprint density at radius 3 is 2.53 bits per heavy atom. The summed E-state index contributed by atoms with van der Waals surface area (Å²) in [5, 5.41) is 6.90. The highest BCUT2D eigenvalue weighted by Gasteiger charge is 2.24. The quantitative estimate of drug-likeness (QED) is 0.356. The molecule has 5 rings (SSSR count). The molecule has 0 bridgehead atoms. The Kier molecular flexibility index (Phi) is 5.11. The second kappa shape index (κ2) is 8.09. The van der Waals surface area contributed by atoms with Crippen LogP contribution in [-0.4, -0.2) is 5.91 Å². The number of rotatable bonds is 4. The Labute approximate surface area is 191 Å². The van der Waals surface area contributed by atoms with E-state index in [1.807, 2.05) is 30.3 Å². The van der Waals surface area contributed by atoms with Crippen molar-refractivity contribution in [2.75, 3.05) is 10.6 Å². The van der Waals surface area contributed by atoms with Crippen molar-refractivity contribution in [1.82, 2.24) is 0 Å². The number of benzene rings is 3. The highest BCUT2D eigenvalue weighted by molar-refractivity contribution is 6.30. The molecular weight excluding hydrogens is 424 g/mol. The lowest BCUT2D eigenvalue weighted by atomic mass is 10.1. The largest absolute Gasteiger partial charge is 0.464 e. The summed E-state index contributed by atoms with van der Waals surface area (Å²) in [4.78, 5) is 12.7. The highest BCUT2D eigenvalue weighted by atomic mass is 35.5. The van der Waals surface area contributed by atoms with Gasteiger partial charge in [0.2, 0.25) is 0 Å². The van der Waals surface area contributed by atoms with Gasteiger partial charge in [-0.2, -0.15) is 0 Å². The molecule has 1 atom stereocenters. The fourth-order valence-electron chi connectivity index (χ4n) is 3.62. The lowest BCUT2D eigenvalue weighted by Crippen LogP contribution is -2.11. The lowest BCUT2D eigenvalue weighted by molar-refractivity contribution is 0.0997. The second-order valence-electron chi connectivity index (χ2n) is 7.82. The third kappa shape index (κ3) is 3.95. The number of hydrogen-bond acceptors (Lipinski definition) is 4. The van der Waals surface area contributed by atoms with Crippen molar-refractivity contribution in [3.63, 3.8) is 0 Å². The van der Waals surface area contributed by atoms with E-state index in [4.69, 9.17) is 20.8 Å². The van der Waals surface area contributed by atoms with Gasteiger partial charge >= 0.3 is 0 Å². The first-order valence-electron chi connectivity index (χ1n) is 10.3. The van der Waals surface area contributed by atoms with Crippen molar-refractivity contribution in [2.24, 2.45) is 0 Å². The molecule has 4 aromatic rings. The number of anilines is 2. The number of halogens is 1. The van der Waals surface area contributed by atoms with Gasteiger partial charge in [0.1, 0.15) is 11.5 Å². The smallest absolute Gasteiger partial charge is 0.291 e. The summed E-state index contributed by atoms with van der Waals surface area (Å²) in [6.07, 6.45) is -0.262. The Balaban J connectivity index is 1.29. The van der Waals surface area contributed by atoms with Gasteiger partial charge in [0.25, 0.3) is 5.91 Å². The molecule has 1 aliphatic rings. The van der Waals surface area contributed by atoms with Crippen LogP contribution in [0.15, 0.2) is 77.2 Å². The first-order valence-corrected chi connectivity index (χ1v) is 10.7. The van der Waals surface area contributed by atoms with Gasteiger partial charge in [-0.1, -0.05) is 29.8 Å². The maximum absolute atomic E-state index is 12.7. The highest BCUT2D eigenvalue weighted by Crippen LogP contribution is 2.39. The zero-order valence-corrected chi connectivity index (χ0v) is 18.4. The first kappa shape index (κ1) is 20.2. The van der Waals surface area contributed by atoms with Gasteiger partial charge in [-0.05, 0) is 79.6 Å². The molecule has 0 saturated heterocycles. The molecule has 32 heavy (non-hydrogen) atoms. The Hall–Kier alpha value is -3.70. The van der Waals surface area contributed by atoms with Gasteiger partial charge in [0.15, 0.2) is 12.0 Å².